The molecule has 0 bridgehead atoms. The van der Waals surface area contributed by atoms with E-state index in [2.05, 4.69) is 45.9 Å². The molecular formula is C15H17N3. The average Bonchev–Trinajstić information content (AvgIpc) is 3.19. The fraction of sp³-hybridized carbons (Fsp3) is 0.267. The van der Waals surface area contributed by atoms with Crippen molar-refractivity contribution in [1.82, 2.24) is 4.98 Å². The van der Waals surface area contributed by atoms with Crippen molar-refractivity contribution in [3.05, 3.63) is 54.1 Å². The van der Waals surface area contributed by atoms with Gasteiger partial charge in [-0.15, -0.1) is 0 Å². The van der Waals surface area contributed by atoms with Crippen LogP contribution in [0.2, 0.25) is 0 Å². The van der Waals surface area contributed by atoms with Gasteiger partial charge in [0.15, 0.2) is 0 Å². The van der Waals surface area contributed by atoms with Gasteiger partial charge in [0.05, 0.1) is 0 Å². The zero-order valence-corrected chi connectivity index (χ0v) is 10.4. The largest absolute Gasteiger partial charge is 0.373 e. The van der Waals surface area contributed by atoms with Crippen LogP contribution in [0, 0.1) is 0 Å². The van der Waals surface area contributed by atoms with Gasteiger partial charge in [0.25, 0.3) is 0 Å². The topological polar surface area (TPSA) is 37.0 Å². The van der Waals surface area contributed by atoms with Crippen LogP contribution >= 0.6 is 0 Å². The van der Waals surface area contributed by atoms with Crippen LogP contribution in [0.1, 0.15) is 17.9 Å². The summed E-state index contributed by atoms with van der Waals surface area (Å²) in [4.78, 5) is 4.48. The molecule has 1 aliphatic rings. The van der Waals surface area contributed by atoms with Crippen LogP contribution in [0.3, 0.4) is 0 Å². The summed E-state index contributed by atoms with van der Waals surface area (Å²) in [5, 5.41) is 6.54. The maximum atomic E-state index is 4.48. The van der Waals surface area contributed by atoms with E-state index < -0.39 is 0 Å². The molecule has 1 heterocycles. The molecule has 3 heteroatoms. The van der Waals surface area contributed by atoms with Crippen molar-refractivity contribution in [3.63, 3.8) is 0 Å². The highest BCUT2D eigenvalue weighted by molar-refractivity contribution is 5.47. The molecule has 1 saturated carbocycles. The monoisotopic (exact) mass is 239 g/mol. The lowest BCUT2D eigenvalue weighted by atomic mass is 10.1. The Balaban J connectivity index is 1.65. The molecule has 2 unspecified atom stereocenters. The smallest absolute Gasteiger partial charge is 0.128 e. The molecule has 1 aliphatic carbocycles. The Morgan fingerprint density at radius 1 is 1.00 bits per heavy atom. The summed E-state index contributed by atoms with van der Waals surface area (Å²) in [7, 11) is 1.88. The van der Waals surface area contributed by atoms with Gasteiger partial charge in [-0.3, -0.25) is 0 Å². The van der Waals surface area contributed by atoms with E-state index in [4.69, 9.17) is 0 Å². The van der Waals surface area contributed by atoms with Gasteiger partial charge < -0.3 is 10.6 Å². The molecule has 3 rings (SSSR count). The fourth-order valence-corrected chi connectivity index (χ4v) is 2.27. The Morgan fingerprint density at radius 2 is 1.78 bits per heavy atom. The van der Waals surface area contributed by atoms with Crippen LogP contribution in [-0.4, -0.2) is 18.1 Å². The molecule has 0 spiro atoms. The van der Waals surface area contributed by atoms with Crippen LogP contribution in [0.15, 0.2) is 48.5 Å². The zero-order chi connectivity index (χ0) is 12.4. The molecule has 0 radical (unpaired) electrons. The summed E-state index contributed by atoms with van der Waals surface area (Å²) in [6.45, 7) is 0. The third kappa shape index (κ3) is 2.30. The maximum absolute atomic E-state index is 4.48. The number of aromatic nitrogens is 1. The van der Waals surface area contributed by atoms with Crippen molar-refractivity contribution in [1.29, 1.82) is 0 Å². The molecule has 1 fully saturated rings. The quantitative estimate of drug-likeness (QED) is 0.861. The van der Waals surface area contributed by atoms with Gasteiger partial charge in [-0.2, -0.15) is 0 Å². The molecule has 0 saturated heterocycles. The third-order valence-electron chi connectivity index (χ3n) is 3.36. The van der Waals surface area contributed by atoms with E-state index in [0.29, 0.717) is 12.0 Å². The third-order valence-corrected chi connectivity index (χ3v) is 3.36. The van der Waals surface area contributed by atoms with Crippen LogP contribution < -0.4 is 10.6 Å². The second-order valence-corrected chi connectivity index (χ2v) is 4.66. The summed E-state index contributed by atoms with van der Waals surface area (Å²) in [5.74, 6) is 2.48. The predicted molar refractivity (Wildman–Crippen MR) is 75.0 cm³/mol. The molecule has 2 atom stereocenters. The molecule has 1 aromatic heterocycles. The van der Waals surface area contributed by atoms with Crippen molar-refractivity contribution in [2.75, 3.05) is 17.7 Å². The van der Waals surface area contributed by atoms with Crippen LogP contribution in [0.25, 0.3) is 0 Å². The average molecular weight is 239 g/mol. The van der Waals surface area contributed by atoms with E-state index >= 15 is 0 Å². The lowest BCUT2D eigenvalue weighted by molar-refractivity contribution is 1.03. The van der Waals surface area contributed by atoms with Crippen molar-refractivity contribution in [3.8, 4) is 0 Å². The predicted octanol–water partition coefficient (Wildman–Crippen LogP) is 3.09. The Morgan fingerprint density at radius 3 is 2.56 bits per heavy atom. The Hall–Kier alpha value is -2.03. The molecular weight excluding hydrogens is 222 g/mol. The van der Waals surface area contributed by atoms with Crippen molar-refractivity contribution < 1.29 is 0 Å². The first kappa shape index (κ1) is 11.1. The molecule has 92 valence electrons. The van der Waals surface area contributed by atoms with Gasteiger partial charge in [0.1, 0.15) is 11.6 Å². The summed E-state index contributed by atoms with van der Waals surface area (Å²) >= 11 is 0. The van der Waals surface area contributed by atoms with E-state index in [-0.39, 0.29) is 0 Å². The highest BCUT2D eigenvalue weighted by Gasteiger charge is 2.38. The first-order chi connectivity index (χ1) is 8.86. The van der Waals surface area contributed by atoms with E-state index in [9.17, 15) is 0 Å². The van der Waals surface area contributed by atoms with Gasteiger partial charge in [-0.05, 0) is 24.1 Å². The van der Waals surface area contributed by atoms with Gasteiger partial charge in [-0.25, -0.2) is 4.98 Å². The summed E-state index contributed by atoms with van der Waals surface area (Å²) in [6, 6.07) is 17.2. The van der Waals surface area contributed by atoms with Crippen molar-refractivity contribution >= 4 is 11.6 Å². The molecule has 0 amide bonds. The molecule has 1 aromatic carbocycles. The maximum Gasteiger partial charge on any atom is 0.128 e. The molecule has 2 N–H and O–H groups in total. The number of anilines is 2. The van der Waals surface area contributed by atoms with E-state index in [1.54, 1.807) is 0 Å². The second-order valence-electron chi connectivity index (χ2n) is 4.66. The number of hydrogen-bond donors (Lipinski definition) is 2. The number of benzene rings is 1. The number of nitrogens with zero attached hydrogens (tertiary/aromatic N) is 1. The van der Waals surface area contributed by atoms with Crippen LogP contribution in [0.5, 0.6) is 0 Å². The van der Waals surface area contributed by atoms with E-state index in [1.165, 1.54) is 12.0 Å². The minimum absolute atomic E-state index is 0.520. The first-order valence-electron chi connectivity index (χ1n) is 6.33. The van der Waals surface area contributed by atoms with Crippen molar-refractivity contribution in [2.45, 2.75) is 18.4 Å². The number of nitrogens with one attached hydrogen (secondary N) is 2. The van der Waals surface area contributed by atoms with Crippen LogP contribution in [0.4, 0.5) is 11.6 Å². The van der Waals surface area contributed by atoms with E-state index in [1.807, 2.05) is 25.2 Å². The second kappa shape index (κ2) is 4.69. The normalized spacial score (nSPS) is 21.4. The standard InChI is InChI=1S/C15H17N3/c1-16-14-8-5-9-15(18-14)17-13-10-12(13)11-6-3-2-4-7-11/h2-9,12-13H,10H2,1H3,(H2,16,17,18). The SMILES string of the molecule is CNc1cccc(NC2CC2c2ccccc2)n1. The number of rotatable bonds is 4. The molecule has 3 nitrogen and oxygen atoms in total. The van der Waals surface area contributed by atoms with Crippen LogP contribution in [-0.2, 0) is 0 Å². The minimum Gasteiger partial charge on any atom is -0.373 e. The van der Waals surface area contributed by atoms with Gasteiger partial charge in [-0.1, -0.05) is 36.4 Å². The van der Waals surface area contributed by atoms with Gasteiger partial charge in [0, 0.05) is 19.0 Å². The lowest BCUT2D eigenvalue weighted by Crippen LogP contribution is -2.06. The highest BCUT2D eigenvalue weighted by atomic mass is 15.1. The first-order valence-corrected chi connectivity index (χ1v) is 6.33. The summed E-state index contributed by atoms with van der Waals surface area (Å²) < 4.78 is 0. The summed E-state index contributed by atoms with van der Waals surface area (Å²) in [5.41, 5.74) is 1.42. The van der Waals surface area contributed by atoms with E-state index in [0.717, 1.165) is 11.6 Å². The zero-order valence-electron chi connectivity index (χ0n) is 10.4. The highest BCUT2D eigenvalue weighted by Crippen LogP contribution is 2.42. The van der Waals surface area contributed by atoms with Crippen molar-refractivity contribution in [2.24, 2.45) is 0 Å². The molecule has 2 aromatic rings. The van der Waals surface area contributed by atoms with Gasteiger partial charge >= 0.3 is 0 Å². The Bertz CT molecular complexity index is 524. The number of pyridine rings is 1. The number of hydrogen-bond acceptors (Lipinski definition) is 3. The lowest BCUT2D eigenvalue weighted by Gasteiger charge is -2.07. The summed E-state index contributed by atoms with van der Waals surface area (Å²) in [6.07, 6.45) is 1.19. The minimum atomic E-state index is 0.520. The van der Waals surface area contributed by atoms with Gasteiger partial charge in [0.2, 0.25) is 0 Å². The fourth-order valence-electron chi connectivity index (χ4n) is 2.27. The Kier molecular flexibility index (Phi) is 2.89. The Labute approximate surface area is 107 Å². The molecule has 18 heavy (non-hydrogen) atoms. The molecule has 0 aliphatic heterocycles.